The predicted molar refractivity (Wildman–Crippen MR) is 73.5 cm³/mol. The van der Waals surface area contributed by atoms with Gasteiger partial charge in [0.1, 0.15) is 5.82 Å². The van der Waals surface area contributed by atoms with Gasteiger partial charge in [0.2, 0.25) is 0 Å². The van der Waals surface area contributed by atoms with Crippen LogP contribution in [0.1, 0.15) is 27.9 Å². The van der Waals surface area contributed by atoms with E-state index in [9.17, 15) is 9.18 Å². The first-order valence-electron chi connectivity index (χ1n) is 6.33. The highest BCUT2D eigenvalue weighted by molar-refractivity contribution is 6.13. The van der Waals surface area contributed by atoms with Crippen LogP contribution < -0.4 is 0 Å². The number of allylic oxidation sites excluding steroid dienone is 1. The molecule has 0 spiro atoms. The minimum atomic E-state index is -0.290. The fourth-order valence-electron chi connectivity index (χ4n) is 2.43. The van der Waals surface area contributed by atoms with Crippen LogP contribution in [-0.2, 0) is 6.42 Å². The third kappa shape index (κ3) is 2.22. The van der Waals surface area contributed by atoms with Gasteiger partial charge in [0.15, 0.2) is 5.78 Å². The van der Waals surface area contributed by atoms with E-state index >= 15 is 0 Å². The lowest BCUT2D eigenvalue weighted by atomic mass is 9.86. The molecule has 1 nitrogen and oxygen atoms in total. The lowest BCUT2D eigenvalue weighted by Crippen LogP contribution is -2.13. The van der Waals surface area contributed by atoms with Crippen LogP contribution in [0.15, 0.2) is 54.1 Å². The second-order valence-corrected chi connectivity index (χ2v) is 4.68. The molecule has 0 heterocycles. The van der Waals surface area contributed by atoms with Crippen LogP contribution in [0.25, 0.3) is 6.08 Å². The predicted octanol–water partition coefficient (Wildman–Crippen LogP) is 4.04. The van der Waals surface area contributed by atoms with Crippen molar-refractivity contribution < 1.29 is 9.18 Å². The van der Waals surface area contributed by atoms with Gasteiger partial charge in [-0.25, -0.2) is 4.39 Å². The van der Waals surface area contributed by atoms with E-state index in [1.54, 1.807) is 24.3 Å². The van der Waals surface area contributed by atoms with Gasteiger partial charge in [-0.05, 0) is 30.5 Å². The second-order valence-electron chi connectivity index (χ2n) is 4.68. The number of Topliss-reactive ketones (excluding diaryl/α,β-unsaturated/α-hetero) is 1. The maximum atomic E-state index is 13.6. The van der Waals surface area contributed by atoms with Crippen LogP contribution in [0.2, 0.25) is 0 Å². The summed E-state index contributed by atoms with van der Waals surface area (Å²) in [7, 11) is 0. The van der Waals surface area contributed by atoms with Gasteiger partial charge in [0, 0.05) is 16.7 Å². The van der Waals surface area contributed by atoms with Crippen molar-refractivity contribution in [1.82, 2.24) is 0 Å². The molecular weight excluding hydrogens is 239 g/mol. The Morgan fingerprint density at radius 2 is 1.68 bits per heavy atom. The van der Waals surface area contributed by atoms with Crippen molar-refractivity contribution in [3.05, 3.63) is 76.6 Å². The number of hydrogen-bond donors (Lipinski definition) is 0. The summed E-state index contributed by atoms with van der Waals surface area (Å²) >= 11 is 0. The number of benzene rings is 2. The van der Waals surface area contributed by atoms with E-state index in [4.69, 9.17) is 0 Å². The van der Waals surface area contributed by atoms with Gasteiger partial charge in [-0.15, -0.1) is 0 Å². The van der Waals surface area contributed by atoms with E-state index in [0.717, 1.165) is 17.5 Å². The lowest BCUT2D eigenvalue weighted by molar-refractivity contribution is 0.102. The number of carbonyl (C=O) groups excluding carboxylic acids is 1. The lowest BCUT2D eigenvalue weighted by Gasteiger charge is -2.17. The van der Waals surface area contributed by atoms with Gasteiger partial charge < -0.3 is 0 Å². The number of fused-ring (bicyclic) bond motifs is 1. The van der Waals surface area contributed by atoms with Gasteiger partial charge in [-0.1, -0.05) is 42.5 Å². The Hall–Kier alpha value is -2.22. The van der Waals surface area contributed by atoms with Crippen molar-refractivity contribution in [3.63, 3.8) is 0 Å². The topological polar surface area (TPSA) is 17.1 Å². The Morgan fingerprint density at radius 1 is 0.947 bits per heavy atom. The third-order valence-corrected chi connectivity index (χ3v) is 3.45. The molecule has 0 saturated carbocycles. The van der Waals surface area contributed by atoms with Crippen molar-refractivity contribution >= 4 is 11.9 Å². The molecule has 2 aromatic rings. The Morgan fingerprint density at radius 3 is 2.53 bits per heavy atom. The molecule has 0 amide bonds. The Labute approximate surface area is 111 Å². The number of rotatable bonds is 1. The summed E-state index contributed by atoms with van der Waals surface area (Å²) in [4.78, 5) is 12.3. The number of hydrogen-bond acceptors (Lipinski definition) is 1. The normalized spacial score (nSPS) is 16.5. The Balaban J connectivity index is 2.01. The van der Waals surface area contributed by atoms with E-state index in [1.807, 2.05) is 24.3 Å². The number of ketones is 1. The zero-order chi connectivity index (χ0) is 13.2. The molecule has 2 aromatic carbocycles. The van der Waals surface area contributed by atoms with Crippen molar-refractivity contribution in [2.45, 2.75) is 12.8 Å². The molecule has 0 fully saturated rings. The summed E-state index contributed by atoms with van der Waals surface area (Å²) in [6, 6.07) is 14.1. The highest BCUT2D eigenvalue weighted by Gasteiger charge is 2.21. The Bertz CT molecular complexity index is 670. The molecule has 0 unspecified atom stereocenters. The maximum absolute atomic E-state index is 13.6. The molecule has 1 aliphatic rings. The fourth-order valence-corrected chi connectivity index (χ4v) is 2.43. The van der Waals surface area contributed by atoms with Gasteiger partial charge in [0.25, 0.3) is 0 Å². The average molecular weight is 252 g/mol. The third-order valence-electron chi connectivity index (χ3n) is 3.45. The van der Waals surface area contributed by atoms with Crippen molar-refractivity contribution in [3.8, 4) is 0 Å². The summed E-state index contributed by atoms with van der Waals surface area (Å²) in [6.07, 6.45) is 3.18. The van der Waals surface area contributed by atoms with Gasteiger partial charge in [0.05, 0.1) is 0 Å². The number of carbonyl (C=O) groups is 1. The summed E-state index contributed by atoms with van der Waals surface area (Å²) < 4.78 is 13.6. The molecule has 0 saturated heterocycles. The van der Waals surface area contributed by atoms with Gasteiger partial charge in [-0.2, -0.15) is 0 Å². The molecule has 94 valence electrons. The largest absolute Gasteiger partial charge is 0.289 e. The van der Waals surface area contributed by atoms with Crippen LogP contribution in [-0.4, -0.2) is 5.78 Å². The monoisotopic (exact) mass is 252 g/mol. The fraction of sp³-hybridized carbons (Fsp3) is 0.118. The van der Waals surface area contributed by atoms with E-state index < -0.39 is 0 Å². The number of halogens is 1. The molecular formula is C17H13FO. The average Bonchev–Trinajstić information content (AvgIpc) is 2.44. The number of aryl methyl sites for hydroxylation is 1. The maximum Gasteiger partial charge on any atom is 0.189 e. The zero-order valence-corrected chi connectivity index (χ0v) is 10.4. The SMILES string of the molecule is O=C1/C(=C/c2ccccc2F)CCc2ccccc21. The molecule has 19 heavy (non-hydrogen) atoms. The van der Waals surface area contributed by atoms with Crippen LogP contribution in [0, 0.1) is 5.82 Å². The smallest absolute Gasteiger partial charge is 0.189 e. The van der Waals surface area contributed by atoms with Crippen molar-refractivity contribution in [2.75, 3.05) is 0 Å². The molecule has 0 radical (unpaired) electrons. The summed E-state index contributed by atoms with van der Waals surface area (Å²) in [5.41, 5.74) is 2.99. The molecule has 1 aliphatic carbocycles. The molecule has 3 rings (SSSR count). The second kappa shape index (κ2) is 4.81. The van der Waals surface area contributed by atoms with Crippen LogP contribution in [0.5, 0.6) is 0 Å². The summed E-state index contributed by atoms with van der Waals surface area (Å²) in [6.45, 7) is 0. The first-order chi connectivity index (χ1) is 9.25. The molecule has 0 bridgehead atoms. The van der Waals surface area contributed by atoms with Crippen molar-refractivity contribution in [1.29, 1.82) is 0 Å². The standard InChI is InChI=1S/C17H13FO/c18-16-8-4-2-6-13(16)11-14-10-9-12-5-1-3-7-15(12)17(14)19/h1-8,11H,9-10H2/b14-11+. The van der Waals surface area contributed by atoms with Gasteiger partial charge in [-0.3, -0.25) is 4.79 Å². The van der Waals surface area contributed by atoms with Crippen LogP contribution >= 0.6 is 0 Å². The molecule has 0 atom stereocenters. The molecule has 2 heteroatoms. The summed E-state index contributed by atoms with van der Waals surface area (Å²) in [5, 5.41) is 0. The van der Waals surface area contributed by atoms with Gasteiger partial charge >= 0.3 is 0 Å². The molecule has 0 N–H and O–H groups in total. The van der Waals surface area contributed by atoms with E-state index in [2.05, 4.69) is 0 Å². The molecule has 0 aromatic heterocycles. The minimum Gasteiger partial charge on any atom is -0.289 e. The molecule has 0 aliphatic heterocycles. The first kappa shape index (κ1) is 11.8. The first-order valence-corrected chi connectivity index (χ1v) is 6.33. The zero-order valence-electron chi connectivity index (χ0n) is 10.4. The highest BCUT2D eigenvalue weighted by atomic mass is 19.1. The quantitative estimate of drug-likeness (QED) is 0.700. The van der Waals surface area contributed by atoms with E-state index in [1.165, 1.54) is 6.07 Å². The summed E-state index contributed by atoms with van der Waals surface area (Å²) in [5.74, 6) is -0.272. The van der Waals surface area contributed by atoms with E-state index in [0.29, 0.717) is 17.6 Å². The van der Waals surface area contributed by atoms with E-state index in [-0.39, 0.29) is 11.6 Å². The Kier molecular flexibility index (Phi) is 3.00. The minimum absolute atomic E-state index is 0.0186. The highest BCUT2D eigenvalue weighted by Crippen LogP contribution is 2.26. The van der Waals surface area contributed by atoms with Crippen LogP contribution in [0.4, 0.5) is 4.39 Å². The van der Waals surface area contributed by atoms with Crippen LogP contribution in [0.3, 0.4) is 0 Å². The van der Waals surface area contributed by atoms with Crippen molar-refractivity contribution in [2.24, 2.45) is 0 Å².